The van der Waals surface area contributed by atoms with Gasteiger partial charge >= 0.3 is 5.97 Å². The summed E-state index contributed by atoms with van der Waals surface area (Å²) in [7, 11) is 1.84. The fraction of sp³-hybridized carbons (Fsp3) is 0.250. The van der Waals surface area contributed by atoms with Gasteiger partial charge in [0.2, 0.25) is 0 Å². The van der Waals surface area contributed by atoms with Gasteiger partial charge in [-0.3, -0.25) is 13.9 Å². The molecule has 0 unspecified atom stereocenters. The van der Waals surface area contributed by atoms with Gasteiger partial charge < -0.3 is 4.74 Å². The zero-order valence-electron chi connectivity index (χ0n) is 13.8. The average Bonchev–Trinajstić information content (AvgIpc) is 3.23. The molecule has 128 valence electrons. The van der Waals surface area contributed by atoms with Gasteiger partial charge in [0.1, 0.15) is 16.3 Å². The molecule has 0 saturated carbocycles. The fourth-order valence-electron chi connectivity index (χ4n) is 2.69. The lowest BCUT2D eigenvalue weighted by Gasteiger charge is -2.03. The maximum absolute atomic E-state index is 12.3. The maximum Gasteiger partial charge on any atom is 0.348 e. The minimum Gasteiger partial charge on any atom is -0.455 e. The lowest BCUT2D eigenvalue weighted by atomic mass is 10.3. The first-order chi connectivity index (χ1) is 11.9. The van der Waals surface area contributed by atoms with E-state index in [2.05, 4.69) is 10.1 Å². The summed E-state index contributed by atoms with van der Waals surface area (Å²) in [6, 6.07) is 3.19. The van der Waals surface area contributed by atoms with E-state index in [4.69, 9.17) is 4.74 Å². The van der Waals surface area contributed by atoms with Crippen LogP contribution < -0.4 is 5.56 Å². The van der Waals surface area contributed by atoms with E-state index in [0.717, 1.165) is 21.6 Å². The van der Waals surface area contributed by atoms with Gasteiger partial charge in [-0.25, -0.2) is 9.78 Å². The number of esters is 1. The largest absolute Gasteiger partial charge is 0.455 e. The van der Waals surface area contributed by atoms with Crippen molar-refractivity contribution in [1.82, 2.24) is 19.2 Å². The number of ether oxygens (including phenoxy) is 1. The van der Waals surface area contributed by atoms with Crippen LogP contribution in [0.25, 0.3) is 15.2 Å². The molecule has 4 aromatic heterocycles. The van der Waals surface area contributed by atoms with Crippen LogP contribution in [0.2, 0.25) is 0 Å². The summed E-state index contributed by atoms with van der Waals surface area (Å²) < 4.78 is 8.63. The summed E-state index contributed by atoms with van der Waals surface area (Å²) in [6.07, 6.45) is 0. The number of aryl methyl sites for hydroxylation is 3. The second-order valence-corrected chi connectivity index (χ2v) is 7.56. The minimum absolute atomic E-state index is 0.0347. The summed E-state index contributed by atoms with van der Waals surface area (Å²) in [5, 5.41) is 7.13. The lowest BCUT2D eigenvalue weighted by molar-refractivity contribution is 0.0473. The Labute approximate surface area is 150 Å². The third-order valence-electron chi connectivity index (χ3n) is 3.88. The molecule has 0 aliphatic heterocycles. The zero-order valence-corrected chi connectivity index (χ0v) is 15.4. The molecule has 25 heavy (non-hydrogen) atoms. The number of carbonyl (C=O) groups is 1. The third kappa shape index (κ3) is 2.65. The molecule has 0 spiro atoms. The van der Waals surface area contributed by atoms with Gasteiger partial charge in [0.05, 0.1) is 11.4 Å². The fourth-order valence-corrected chi connectivity index (χ4v) is 4.60. The van der Waals surface area contributed by atoms with Crippen molar-refractivity contribution in [3.63, 3.8) is 0 Å². The lowest BCUT2D eigenvalue weighted by Crippen LogP contribution is -2.16. The highest BCUT2D eigenvalue weighted by atomic mass is 32.1. The van der Waals surface area contributed by atoms with Crippen LogP contribution in [0.5, 0.6) is 0 Å². The van der Waals surface area contributed by atoms with Crippen molar-refractivity contribution in [2.75, 3.05) is 0 Å². The van der Waals surface area contributed by atoms with Crippen molar-refractivity contribution >= 4 is 43.8 Å². The maximum atomic E-state index is 12.3. The van der Waals surface area contributed by atoms with Crippen LogP contribution in [0.15, 0.2) is 22.3 Å². The van der Waals surface area contributed by atoms with Crippen LogP contribution in [-0.2, 0) is 18.4 Å². The highest BCUT2D eigenvalue weighted by molar-refractivity contribution is 7.20. The standard InChI is InChI=1S/C16H14N4O3S2/c1-8-7-24-16-17-10(4-13(21)20(8)16)6-23-15(22)12-5-11-9(2)18-19(3)14(11)25-12/h4-5,7H,6H2,1-3H3. The Morgan fingerprint density at radius 1 is 1.32 bits per heavy atom. The summed E-state index contributed by atoms with van der Waals surface area (Å²) in [4.78, 5) is 30.9. The molecule has 0 N–H and O–H groups in total. The number of fused-ring (bicyclic) bond motifs is 2. The molecular formula is C16H14N4O3S2. The number of hydrogen-bond acceptors (Lipinski definition) is 7. The predicted octanol–water partition coefficient (Wildman–Crippen LogP) is 2.68. The van der Waals surface area contributed by atoms with E-state index in [9.17, 15) is 9.59 Å². The molecule has 0 aliphatic carbocycles. The molecule has 0 fully saturated rings. The predicted molar refractivity (Wildman–Crippen MR) is 96.5 cm³/mol. The summed E-state index contributed by atoms with van der Waals surface area (Å²) in [6.45, 7) is 3.72. The molecule has 0 aliphatic rings. The van der Waals surface area contributed by atoms with E-state index in [1.165, 1.54) is 33.1 Å². The van der Waals surface area contributed by atoms with Gasteiger partial charge in [-0.15, -0.1) is 22.7 Å². The van der Waals surface area contributed by atoms with Crippen molar-refractivity contribution in [2.45, 2.75) is 20.5 Å². The number of aromatic nitrogens is 4. The number of thiazole rings is 1. The second-order valence-electron chi connectivity index (χ2n) is 5.70. The monoisotopic (exact) mass is 374 g/mol. The topological polar surface area (TPSA) is 78.5 Å². The Kier molecular flexibility index (Phi) is 3.69. The number of thiophene rings is 1. The molecule has 4 aromatic rings. The van der Waals surface area contributed by atoms with Crippen LogP contribution >= 0.6 is 22.7 Å². The van der Waals surface area contributed by atoms with Gasteiger partial charge in [0.15, 0.2) is 4.96 Å². The molecule has 0 aromatic carbocycles. The highest BCUT2D eigenvalue weighted by Gasteiger charge is 2.17. The average molecular weight is 374 g/mol. The summed E-state index contributed by atoms with van der Waals surface area (Å²) in [5.74, 6) is -0.426. The highest BCUT2D eigenvalue weighted by Crippen LogP contribution is 2.28. The number of nitrogens with zero attached hydrogens (tertiary/aromatic N) is 4. The van der Waals surface area contributed by atoms with Gasteiger partial charge in [0.25, 0.3) is 5.56 Å². The number of hydrogen-bond donors (Lipinski definition) is 0. The number of rotatable bonds is 3. The van der Waals surface area contributed by atoms with Crippen LogP contribution in [0.3, 0.4) is 0 Å². The Hall–Kier alpha value is -2.52. The molecule has 0 saturated heterocycles. The minimum atomic E-state index is -0.426. The van der Waals surface area contributed by atoms with Crippen molar-refractivity contribution < 1.29 is 9.53 Å². The summed E-state index contributed by atoms with van der Waals surface area (Å²) in [5.41, 5.74) is 1.99. The molecule has 0 bridgehead atoms. The van der Waals surface area contributed by atoms with Crippen LogP contribution in [0.1, 0.15) is 26.8 Å². The van der Waals surface area contributed by atoms with Crippen LogP contribution in [-0.4, -0.2) is 25.1 Å². The molecule has 7 nitrogen and oxygen atoms in total. The van der Waals surface area contributed by atoms with Crippen LogP contribution in [0, 0.1) is 13.8 Å². The first-order valence-electron chi connectivity index (χ1n) is 7.51. The Bertz CT molecular complexity index is 1150. The van der Waals surface area contributed by atoms with E-state index in [1.54, 1.807) is 10.7 Å². The van der Waals surface area contributed by atoms with Crippen LogP contribution in [0.4, 0.5) is 0 Å². The van der Waals surface area contributed by atoms with Gasteiger partial charge in [-0.1, -0.05) is 0 Å². The van der Waals surface area contributed by atoms with Crippen molar-refractivity contribution in [3.05, 3.63) is 49.8 Å². The van der Waals surface area contributed by atoms with Crippen molar-refractivity contribution in [1.29, 1.82) is 0 Å². The first-order valence-corrected chi connectivity index (χ1v) is 9.20. The molecule has 0 radical (unpaired) electrons. The quantitative estimate of drug-likeness (QED) is 0.515. The normalized spacial score (nSPS) is 11.5. The van der Waals surface area contributed by atoms with E-state index in [0.29, 0.717) is 15.5 Å². The molecule has 4 heterocycles. The van der Waals surface area contributed by atoms with Gasteiger partial charge in [0, 0.05) is 29.6 Å². The molecule has 0 amide bonds. The Morgan fingerprint density at radius 3 is 2.88 bits per heavy atom. The van der Waals surface area contributed by atoms with E-state index in [-0.39, 0.29) is 12.2 Å². The zero-order chi connectivity index (χ0) is 17.7. The number of carbonyl (C=O) groups excluding carboxylic acids is 1. The van der Waals surface area contributed by atoms with Gasteiger partial charge in [-0.2, -0.15) is 5.10 Å². The molecular weight excluding hydrogens is 360 g/mol. The molecule has 4 rings (SSSR count). The summed E-state index contributed by atoms with van der Waals surface area (Å²) >= 11 is 2.72. The Balaban J connectivity index is 1.56. The van der Waals surface area contributed by atoms with E-state index < -0.39 is 5.97 Å². The smallest absolute Gasteiger partial charge is 0.348 e. The van der Waals surface area contributed by atoms with Crippen molar-refractivity contribution in [3.8, 4) is 0 Å². The van der Waals surface area contributed by atoms with E-state index in [1.807, 2.05) is 26.3 Å². The van der Waals surface area contributed by atoms with E-state index >= 15 is 0 Å². The van der Waals surface area contributed by atoms with Gasteiger partial charge in [-0.05, 0) is 19.9 Å². The Morgan fingerprint density at radius 2 is 2.12 bits per heavy atom. The molecule has 9 heteroatoms. The SMILES string of the molecule is Cc1nn(C)c2sc(C(=O)OCc3cc(=O)n4c(C)csc4n3)cc12. The third-order valence-corrected chi connectivity index (χ3v) is 6.00. The second kappa shape index (κ2) is 5.78. The first kappa shape index (κ1) is 16.0. The molecule has 0 atom stereocenters. The van der Waals surface area contributed by atoms with Crippen molar-refractivity contribution in [2.24, 2.45) is 7.05 Å².